The second kappa shape index (κ2) is 7.20. The number of pyridine rings is 2. The van der Waals surface area contributed by atoms with E-state index in [4.69, 9.17) is 19.4 Å². The van der Waals surface area contributed by atoms with Crippen molar-refractivity contribution in [2.75, 3.05) is 14.2 Å². The number of hydrogen-bond donors (Lipinski definition) is 0. The number of rotatable bonds is 4. The van der Waals surface area contributed by atoms with Crippen molar-refractivity contribution in [3.05, 3.63) is 85.1 Å². The van der Waals surface area contributed by atoms with Gasteiger partial charge in [0.1, 0.15) is 11.5 Å². The van der Waals surface area contributed by atoms with E-state index in [-0.39, 0.29) is 0 Å². The number of aromatic nitrogens is 2. The van der Waals surface area contributed by atoms with Crippen LogP contribution in [-0.2, 0) is 0 Å². The summed E-state index contributed by atoms with van der Waals surface area (Å²) in [5.74, 6) is 1.65. The molecular weight excluding hydrogens is 396 g/mol. The Morgan fingerprint density at radius 2 is 1.22 bits per heavy atom. The van der Waals surface area contributed by atoms with E-state index in [2.05, 4.69) is 48.5 Å². The zero-order valence-electron chi connectivity index (χ0n) is 17.8. The Morgan fingerprint density at radius 1 is 0.594 bits per heavy atom. The molecule has 2 aromatic heterocycles. The molecule has 4 nitrogen and oxygen atoms in total. The van der Waals surface area contributed by atoms with Crippen LogP contribution in [-0.4, -0.2) is 24.2 Å². The zero-order chi connectivity index (χ0) is 21.7. The molecule has 2 heterocycles. The van der Waals surface area contributed by atoms with Crippen molar-refractivity contribution >= 4 is 10.9 Å². The van der Waals surface area contributed by atoms with Gasteiger partial charge in [0.05, 0.1) is 31.1 Å². The van der Waals surface area contributed by atoms with Crippen molar-refractivity contribution in [1.82, 2.24) is 9.97 Å². The van der Waals surface area contributed by atoms with Crippen LogP contribution >= 0.6 is 0 Å². The summed E-state index contributed by atoms with van der Waals surface area (Å²) in [6.45, 7) is 0. The third kappa shape index (κ3) is 2.70. The summed E-state index contributed by atoms with van der Waals surface area (Å²) in [5, 5.41) is 1.11. The number of benzene rings is 3. The van der Waals surface area contributed by atoms with E-state index in [0.717, 1.165) is 56.0 Å². The van der Waals surface area contributed by atoms with Crippen molar-refractivity contribution in [2.45, 2.75) is 0 Å². The molecule has 32 heavy (non-hydrogen) atoms. The molecule has 0 saturated heterocycles. The summed E-state index contributed by atoms with van der Waals surface area (Å²) in [5.41, 5.74) is 9.64. The molecule has 0 fully saturated rings. The second-order valence-electron chi connectivity index (χ2n) is 7.77. The largest absolute Gasteiger partial charge is 0.497 e. The van der Waals surface area contributed by atoms with Crippen LogP contribution in [0.2, 0.25) is 0 Å². The Labute approximate surface area is 186 Å². The molecular formula is C28H20N2O2. The molecule has 0 unspecified atom stereocenters. The first-order valence-electron chi connectivity index (χ1n) is 10.5. The lowest BCUT2D eigenvalue weighted by atomic mass is 9.90. The van der Waals surface area contributed by atoms with Crippen LogP contribution in [0.4, 0.5) is 0 Å². The minimum absolute atomic E-state index is 0.821. The van der Waals surface area contributed by atoms with Crippen LogP contribution in [0.15, 0.2) is 85.1 Å². The van der Waals surface area contributed by atoms with Crippen LogP contribution in [0.25, 0.3) is 55.7 Å². The van der Waals surface area contributed by atoms with Gasteiger partial charge in [0.15, 0.2) is 0 Å². The highest BCUT2D eigenvalue weighted by molar-refractivity contribution is 6.18. The minimum atomic E-state index is 0.821. The number of hydrogen-bond acceptors (Lipinski definition) is 4. The Balaban J connectivity index is 1.74. The third-order valence-corrected chi connectivity index (χ3v) is 6.09. The van der Waals surface area contributed by atoms with Gasteiger partial charge in [0, 0.05) is 33.8 Å². The Hall–Kier alpha value is -4.18. The lowest BCUT2D eigenvalue weighted by Gasteiger charge is -2.16. The summed E-state index contributed by atoms with van der Waals surface area (Å²) in [4.78, 5) is 9.88. The fourth-order valence-corrected chi connectivity index (χ4v) is 4.59. The molecule has 0 atom stereocenters. The summed E-state index contributed by atoms with van der Waals surface area (Å²) in [6.07, 6.45) is 1.85. The van der Waals surface area contributed by atoms with E-state index in [9.17, 15) is 0 Å². The van der Waals surface area contributed by atoms with Crippen LogP contribution in [0.5, 0.6) is 11.5 Å². The molecule has 0 spiro atoms. The van der Waals surface area contributed by atoms with Crippen molar-refractivity contribution in [1.29, 1.82) is 0 Å². The Kier molecular flexibility index (Phi) is 4.18. The first-order chi connectivity index (χ1) is 15.8. The van der Waals surface area contributed by atoms with Gasteiger partial charge in [-0.1, -0.05) is 36.4 Å². The SMILES string of the molecule is COc1ccc(-c2nc3ccnc4c3c(c2-c2ccc(OC)cc2)-c2ccccc2-4)cc1. The number of ether oxygens (including phenoxy) is 2. The number of fused-ring (bicyclic) bond motifs is 3. The fourth-order valence-electron chi connectivity index (χ4n) is 4.59. The van der Waals surface area contributed by atoms with E-state index in [1.165, 1.54) is 11.1 Å². The van der Waals surface area contributed by atoms with E-state index in [1.54, 1.807) is 14.2 Å². The lowest BCUT2D eigenvalue weighted by molar-refractivity contribution is 0.414. The van der Waals surface area contributed by atoms with Gasteiger partial charge in [-0.15, -0.1) is 0 Å². The molecule has 0 amide bonds. The first-order valence-corrected chi connectivity index (χ1v) is 10.5. The van der Waals surface area contributed by atoms with Crippen molar-refractivity contribution in [2.24, 2.45) is 0 Å². The number of methoxy groups -OCH3 is 2. The van der Waals surface area contributed by atoms with Gasteiger partial charge in [0.25, 0.3) is 0 Å². The molecule has 3 aromatic carbocycles. The predicted octanol–water partition coefficient (Wildman–Crippen LogP) is 6.63. The molecule has 1 aliphatic carbocycles. The van der Waals surface area contributed by atoms with E-state index in [1.807, 2.05) is 36.5 Å². The highest BCUT2D eigenvalue weighted by Gasteiger charge is 2.28. The minimum Gasteiger partial charge on any atom is -0.497 e. The molecule has 0 saturated carbocycles. The van der Waals surface area contributed by atoms with Crippen molar-refractivity contribution in [3.8, 4) is 56.3 Å². The van der Waals surface area contributed by atoms with Crippen LogP contribution in [0.1, 0.15) is 0 Å². The van der Waals surface area contributed by atoms with Gasteiger partial charge in [0.2, 0.25) is 0 Å². The van der Waals surface area contributed by atoms with Gasteiger partial charge in [-0.2, -0.15) is 0 Å². The van der Waals surface area contributed by atoms with E-state index < -0.39 is 0 Å². The summed E-state index contributed by atoms with van der Waals surface area (Å²) >= 11 is 0. The summed E-state index contributed by atoms with van der Waals surface area (Å²) < 4.78 is 10.8. The van der Waals surface area contributed by atoms with E-state index in [0.29, 0.717) is 0 Å². The normalized spacial score (nSPS) is 11.4. The maximum atomic E-state index is 5.40. The topological polar surface area (TPSA) is 44.2 Å². The smallest absolute Gasteiger partial charge is 0.118 e. The molecule has 154 valence electrons. The highest BCUT2D eigenvalue weighted by Crippen LogP contribution is 2.52. The van der Waals surface area contributed by atoms with Crippen LogP contribution in [0.3, 0.4) is 0 Å². The molecule has 1 aliphatic rings. The van der Waals surface area contributed by atoms with Crippen LogP contribution in [0, 0.1) is 0 Å². The average molecular weight is 416 g/mol. The maximum Gasteiger partial charge on any atom is 0.118 e. The average Bonchev–Trinajstić information content (AvgIpc) is 3.20. The summed E-state index contributed by atoms with van der Waals surface area (Å²) in [6, 6.07) is 26.7. The van der Waals surface area contributed by atoms with Gasteiger partial charge in [-0.3, -0.25) is 4.98 Å². The fraction of sp³-hybridized carbons (Fsp3) is 0.0714. The first kappa shape index (κ1) is 18.6. The number of nitrogens with zero attached hydrogens (tertiary/aromatic N) is 2. The Morgan fingerprint density at radius 3 is 1.88 bits per heavy atom. The molecule has 4 heteroatoms. The quantitative estimate of drug-likeness (QED) is 0.324. The van der Waals surface area contributed by atoms with E-state index >= 15 is 0 Å². The molecule has 0 radical (unpaired) electrons. The van der Waals surface area contributed by atoms with Crippen molar-refractivity contribution in [3.63, 3.8) is 0 Å². The summed E-state index contributed by atoms with van der Waals surface area (Å²) in [7, 11) is 3.36. The highest BCUT2D eigenvalue weighted by atomic mass is 16.5. The van der Waals surface area contributed by atoms with Gasteiger partial charge >= 0.3 is 0 Å². The Bertz CT molecular complexity index is 1470. The van der Waals surface area contributed by atoms with Crippen molar-refractivity contribution < 1.29 is 9.47 Å². The lowest BCUT2D eigenvalue weighted by Crippen LogP contribution is -1.95. The molecule has 6 rings (SSSR count). The van der Waals surface area contributed by atoms with Gasteiger partial charge < -0.3 is 9.47 Å². The molecule has 0 bridgehead atoms. The standard InChI is InChI=1S/C28H20N2O2/c1-31-19-11-7-17(8-12-19)24-25-21-5-3-4-6-22(21)28-26(25)23(15-16-29-28)30-27(24)18-9-13-20(32-2)14-10-18/h3-16H,1-2H3. The van der Waals surface area contributed by atoms with Crippen LogP contribution < -0.4 is 9.47 Å². The maximum absolute atomic E-state index is 5.40. The zero-order valence-corrected chi connectivity index (χ0v) is 17.8. The van der Waals surface area contributed by atoms with Gasteiger partial charge in [-0.05, 0) is 53.6 Å². The second-order valence-corrected chi connectivity index (χ2v) is 7.77. The predicted molar refractivity (Wildman–Crippen MR) is 128 cm³/mol. The van der Waals surface area contributed by atoms with Gasteiger partial charge in [-0.25, -0.2) is 4.98 Å². The monoisotopic (exact) mass is 416 g/mol. The third-order valence-electron chi connectivity index (χ3n) is 6.09. The molecule has 5 aromatic rings. The molecule has 0 aliphatic heterocycles. The molecule has 0 N–H and O–H groups in total.